The molecule has 0 unspecified atom stereocenters. The number of hydrogen-bond donors (Lipinski definition) is 2. The van der Waals surface area contributed by atoms with Crippen LogP contribution in [0, 0.1) is 0 Å². The highest BCUT2D eigenvalue weighted by atomic mass is 79.9. The predicted molar refractivity (Wildman–Crippen MR) is 80.9 cm³/mol. The molecule has 4 nitrogen and oxygen atoms in total. The van der Waals surface area contributed by atoms with Gasteiger partial charge in [-0.25, -0.2) is 0 Å². The minimum atomic E-state index is 0.0316. The minimum absolute atomic E-state index is 0.0316. The Labute approximate surface area is 125 Å². The molecule has 2 N–H and O–H groups in total. The van der Waals surface area contributed by atoms with Gasteiger partial charge >= 0.3 is 0 Å². The van der Waals surface area contributed by atoms with Crippen molar-refractivity contribution in [3.63, 3.8) is 0 Å². The van der Waals surface area contributed by atoms with Crippen LogP contribution in [0.2, 0.25) is 0 Å². The molecule has 0 aromatic carbocycles. The molecule has 20 heavy (non-hydrogen) atoms. The Balaban J connectivity index is 1.54. The Bertz CT molecular complexity index is 681. The molecule has 0 aliphatic carbocycles. The van der Waals surface area contributed by atoms with Gasteiger partial charge in [0.2, 0.25) is 0 Å². The maximum atomic E-state index is 12.4. The standard InChI is InChI=1S/C15H16BrN3O/c16-14-4-2-11-7-9(5-6-19(11)14)15(20)18-13-8-10-1-3-12(13)17-10/h2,4-7,10,12-13,17H,1,3,8H2,(H,18,20)/t10-,12+,13-/m1/s1. The van der Waals surface area contributed by atoms with Crippen molar-refractivity contribution in [2.75, 3.05) is 0 Å². The van der Waals surface area contributed by atoms with Crippen molar-refractivity contribution in [3.05, 3.63) is 40.6 Å². The fraction of sp³-hybridized carbons (Fsp3) is 0.400. The van der Waals surface area contributed by atoms with Gasteiger partial charge in [0, 0.05) is 35.4 Å². The van der Waals surface area contributed by atoms with Crippen LogP contribution >= 0.6 is 15.9 Å². The zero-order valence-electron chi connectivity index (χ0n) is 11.0. The summed E-state index contributed by atoms with van der Waals surface area (Å²) in [6, 6.07) is 9.14. The van der Waals surface area contributed by atoms with Crippen molar-refractivity contribution < 1.29 is 4.79 Å². The van der Waals surface area contributed by atoms with Crippen molar-refractivity contribution in [1.82, 2.24) is 15.0 Å². The fourth-order valence-electron chi connectivity index (χ4n) is 3.45. The molecule has 104 valence electrons. The van der Waals surface area contributed by atoms with Crippen LogP contribution in [0.3, 0.4) is 0 Å². The van der Waals surface area contributed by atoms with Gasteiger partial charge in [-0.3, -0.25) is 4.79 Å². The van der Waals surface area contributed by atoms with Crippen LogP contribution in [0.25, 0.3) is 5.52 Å². The summed E-state index contributed by atoms with van der Waals surface area (Å²) >= 11 is 3.48. The average Bonchev–Trinajstić information content (AvgIpc) is 3.14. The van der Waals surface area contributed by atoms with E-state index in [9.17, 15) is 4.79 Å². The number of halogens is 1. The molecular weight excluding hydrogens is 318 g/mol. The van der Waals surface area contributed by atoms with E-state index in [1.165, 1.54) is 12.8 Å². The Kier molecular flexibility index (Phi) is 2.86. The number of rotatable bonds is 2. The molecule has 4 heterocycles. The lowest BCUT2D eigenvalue weighted by Gasteiger charge is -2.21. The van der Waals surface area contributed by atoms with Gasteiger partial charge in [0.05, 0.1) is 4.60 Å². The number of hydrogen-bond acceptors (Lipinski definition) is 2. The Hall–Kier alpha value is -1.33. The molecule has 4 rings (SSSR count). The second-order valence-electron chi connectivity index (χ2n) is 5.73. The highest BCUT2D eigenvalue weighted by Crippen LogP contribution is 2.28. The monoisotopic (exact) mass is 333 g/mol. The number of aromatic nitrogens is 1. The first-order valence-electron chi connectivity index (χ1n) is 7.04. The molecule has 2 aliphatic rings. The van der Waals surface area contributed by atoms with Crippen LogP contribution in [0.1, 0.15) is 29.6 Å². The van der Waals surface area contributed by atoms with E-state index in [1.54, 1.807) is 0 Å². The van der Waals surface area contributed by atoms with Crippen molar-refractivity contribution in [2.24, 2.45) is 0 Å². The van der Waals surface area contributed by atoms with Crippen LogP contribution < -0.4 is 10.6 Å². The number of carbonyl (C=O) groups is 1. The van der Waals surface area contributed by atoms with E-state index in [4.69, 9.17) is 0 Å². The molecule has 2 aromatic rings. The number of amides is 1. The molecule has 2 aromatic heterocycles. The second kappa shape index (κ2) is 4.60. The summed E-state index contributed by atoms with van der Waals surface area (Å²) < 4.78 is 3.01. The number of carbonyl (C=O) groups excluding carboxylic acids is 1. The highest BCUT2D eigenvalue weighted by molar-refractivity contribution is 9.10. The van der Waals surface area contributed by atoms with Crippen LogP contribution in [0.5, 0.6) is 0 Å². The summed E-state index contributed by atoms with van der Waals surface area (Å²) in [6.45, 7) is 0. The van der Waals surface area contributed by atoms with Gasteiger partial charge in [0.25, 0.3) is 5.91 Å². The van der Waals surface area contributed by atoms with Gasteiger partial charge in [0.1, 0.15) is 0 Å². The molecule has 0 spiro atoms. The number of fused-ring (bicyclic) bond motifs is 3. The quantitative estimate of drug-likeness (QED) is 0.885. The summed E-state index contributed by atoms with van der Waals surface area (Å²) in [6.07, 6.45) is 5.42. The summed E-state index contributed by atoms with van der Waals surface area (Å²) in [5.74, 6) is 0.0316. The third kappa shape index (κ3) is 1.96. The smallest absolute Gasteiger partial charge is 0.251 e. The molecule has 2 bridgehead atoms. The lowest BCUT2D eigenvalue weighted by Crippen LogP contribution is -2.42. The summed E-state index contributed by atoms with van der Waals surface area (Å²) in [5.41, 5.74) is 1.75. The Morgan fingerprint density at radius 3 is 3.00 bits per heavy atom. The first-order valence-corrected chi connectivity index (χ1v) is 7.83. The van der Waals surface area contributed by atoms with E-state index in [0.717, 1.165) is 22.1 Å². The topological polar surface area (TPSA) is 45.5 Å². The minimum Gasteiger partial charge on any atom is -0.348 e. The fourth-order valence-corrected chi connectivity index (χ4v) is 3.91. The maximum Gasteiger partial charge on any atom is 0.251 e. The molecule has 3 atom stereocenters. The van der Waals surface area contributed by atoms with Crippen LogP contribution in [0.4, 0.5) is 0 Å². The van der Waals surface area contributed by atoms with Crippen LogP contribution in [-0.2, 0) is 0 Å². The number of nitrogens with zero attached hydrogens (tertiary/aromatic N) is 1. The zero-order chi connectivity index (χ0) is 13.7. The van der Waals surface area contributed by atoms with Crippen molar-refractivity contribution >= 4 is 27.4 Å². The third-order valence-electron chi connectivity index (χ3n) is 4.49. The van der Waals surface area contributed by atoms with Crippen molar-refractivity contribution in [3.8, 4) is 0 Å². The van der Waals surface area contributed by atoms with Crippen molar-refractivity contribution in [2.45, 2.75) is 37.4 Å². The normalized spacial score (nSPS) is 28.1. The first-order chi connectivity index (χ1) is 9.70. The molecule has 5 heteroatoms. The Morgan fingerprint density at radius 1 is 1.35 bits per heavy atom. The molecule has 1 amide bonds. The second-order valence-corrected chi connectivity index (χ2v) is 6.54. The summed E-state index contributed by atoms with van der Waals surface area (Å²) in [4.78, 5) is 12.4. The van der Waals surface area contributed by atoms with Gasteiger partial charge in [-0.1, -0.05) is 0 Å². The molecule has 0 saturated carbocycles. The highest BCUT2D eigenvalue weighted by Gasteiger charge is 2.39. The van der Waals surface area contributed by atoms with Gasteiger partial charge in [-0.15, -0.1) is 0 Å². The Morgan fingerprint density at radius 2 is 2.25 bits per heavy atom. The number of nitrogens with one attached hydrogen (secondary N) is 2. The molecule has 2 fully saturated rings. The first kappa shape index (κ1) is 12.4. The van der Waals surface area contributed by atoms with Gasteiger partial charge in [-0.2, -0.15) is 0 Å². The van der Waals surface area contributed by atoms with Gasteiger partial charge in [0.15, 0.2) is 0 Å². The van der Waals surface area contributed by atoms with E-state index in [0.29, 0.717) is 12.1 Å². The van der Waals surface area contributed by atoms with Gasteiger partial charge < -0.3 is 15.0 Å². The summed E-state index contributed by atoms with van der Waals surface area (Å²) in [7, 11) is 0. The van der Waals surface area contributed by atoms with Crippen LogP contribution in [-0.4, -0.2) is 28.4 Å². The van der Waals surface area contributed by atoms with E-state index in [2.05, 4.69) is 26.6 Å². The largest absolute Gasteiger partial charge is 0.348 e. The maximum absolute atomic E-state index is 12.4. The van der Waals surface area contributed by atoms with Gasteiger partial charge in [-0.05, 0) is 59.5 Å². The predicted octanol–water partition coefficient (Wildman–Crippen LogP) is 2.32. The third-order valence-corrected chi connectivity index (χ3v) is 5.13. The van der Waals surface area contributed by atoms with E-state index < -0.39 is 0 Å². The molecule has 2 saturated heterocycles. The van der Waals surface area contributed by atoms with E-state index in [-0.39, 0.29) is 11.9 Å². The lowest BCUT2D eigenvalue weighted by molar-refractivity contribution is 0.0931. The zero-order valence-corrected chi connectivity index (χ0v) is 12.6. The molecule has 0 radical (unpaired) electrons. The lowest BCUT2D eigenvalue weighted by atomic mass is 9.95. The van der Waals surface area contributed by atoms with Crippen molar-refractivity contribution in [1.29, 1.82) is 0 Å². The average molecular weight is 334 g/mol. The van der Waals surface area contributed by atoms with E-state index in [1.807, 2.05) is 34.9 Å². The number of pyridine rings is 1. The SMILES string of the molecule is O=C(N[C@@H]1C[C@H]2CC[C@@H]1N2)c1ccn2c(Br)ccc2c1. The summed E-state index contributed by atoms with van der Waals surface area (Å²) in [5, 5.41) is 6.72. The van der Waals surface area contributed by atoms with E-state index >= 15 is 0 Å². The molecule has 2 aliphatic heterocycles. The molecular formula is C15H16BrN3O. The van der Waals surface area contributed by atoms with Crippen LogP contribution in [0.15, 0.2) is 35.1 Å².